The molecule has 0 spiro atoms. The average molecular weight is 594 g/mol. The smallest absolute Gasteiger partial charge is 0.271 e. The minimum absolute atomic E-state index is 0.0840. The number of fused-ring (bicyclic) bond motifs is 3. The molecular formula is C28H20FIN2O2S. The van der Waals surface area contributed by atoms with E-state index in [1.165, 1.54) is 29.0 Å². The second kappa shape index (κ2) is 8.87. The molecule has 7 heteroatoms. The van der Waals surface area contributed by atoms with Crippen LogP contribution in [0.15, 0.2) is 82.1 Å². The molecule has 0 amide bonds. The van der Waals surface area contributed by atoms with E-state index in [0.29, 0.717) is 9.33 Å². The Kier molecular flexibility index (Phi) is 5.69. The lowest BCUT2D eigenvalue weighted by Gasteiger charge is -2.30. The quantitative estimate of drug-likeness (QED) is 0.311. The molecule has 1 atom stereocenters. The third-order valence-corrected chi connectivity index (χ3v) is 8.36. The highest BCUT2D eigenvalue weighted by Crippen LogP contribution is 2.41. The third kappa shape index (κ3) is 3.87. The van der Waals surface area contributed by atoms with Crippen LogP contribution in [0.1, 0.15) is 34.7 Å². The van der Waals surface area contributed by atoms with Gasteiger partial charge in [-0.3, -0.25) is 9.36 Å². The predicted molar refractivity (Wildman–Crippen MR) is 145 cm³/mol. The standard InChI is InChI=1S/C28H20FIN2O2S/c1-34-23-13-6-16(14-22(23)30)15-24-27(33)32-26(18-7-10-19(29)11-8-18)21-12-9-17-4-2-3-5-20(17)25(21)31-28(32)35-24/h2-8,10-11,13-15,26H,9,12H2,1H3/b24-15-/t26-/m1/s1. The van der Waals surface area contributed by atoms with Crippen molar-refractivity contribution in [2.75, 3.05) is 7.11 Å². The van der Waals surface area contributed by atoms with Crippen molar-refractivity contribution in [1.29, 1.82) is 0 Å². The van der Waals surface area contributed by atoms with Gasteiger partial charge in [0, 0.05) is 5.56 Å². The van der Waals surface area contributed by atoms with E-state index >= 15 is 0 Å². The summed E-state index contributed by atoms with van der Waals surface area (Å²) in [5, 5.41) is 0. The summed E-state index contributed by atoms with van der Waals surface area (Å²) >= 11 is 3.62. The van der Waals surface area contributed by atoms with Crippen molar-refractivity contribution in [1.82, 2.24) is 4.57 Å². The Balaban J connectivity index is 1.59. The molecule has 1 aromatic heterocycles. The Morgan fingerprint density at radius 2 is 1.91 bits per heavy atom. The summed E-state index contributed by atoms with van der Waals surface area (Å²) in [5.74, 6) is 0.505. The fourth-order valence-electron chi connectivity index (χ4n) is 4.89. The molecule has 1 aliphatic heterocycles. The highest BCUT2D eigenvalue weighted by molar-refractivity contribution is 14.1. The molecule has 3 aromatic carbocycles. The van der Waals surface area contributed by atoms with Gasteiger partial charge in [-0.25, -0.2) is 9.38 Å². The van der Waals surface area contributed by atoms with Gasteiger partial charge in [0.2, 0.25) is 0 Å². The number of allylic oxidation sites excluding steroid dienone is 1. The Morgan fingerprint density at radius 1 is 1.11 bits per heavy atom. The molecule has 35 heavy (non-hydrogen) atoms. The predicted octanol–water partition coefficient (Wildman–Crippen LogP) is 5.07. The molecule has 4 nitrogen and oxygen atoms in total. The zero-order valence-corrected chi connectivity index (χ0v) is 21.8. The fraction of sp³-hybridized carbons (Fsp3) is 0.143. The Morgan fingerprint density at radius 3 is 2.69 bits per heavy atom. The highest BCUT2D eigenvalue weighted by atomic mass is 127. The topological polar surface area (TPSA) is 43.6 Å². The molecule has 0 fully saturated rings. The first kappa shape index (κ1) is 22.4. The van der Waals surface area contributed by atoms with Gasteiger partial charge >= 0.3 is 0 Å². The van der Waals surface area contributed by atoms with E-state index in [1.54, 1.807) is 23.8 Å². The zero-order valence-electron chi connectivity index (χ0n) is 18.8. The number of benzene rings is 3. The number of nitrogens with zero attached hydrogens (tertiary/aromatic N) is 2. The van der Waals surface area contributed by atoms with E-state index in [4.69, 9.17) is 9.73 Å². The number of hydrogen-bond acceptors (Lipinski definition) is 4. The molecule has 4 aromatic rings. The van der Waals surface area contributed by atoms with Crippen LogP contribution in [-0.4, -0.2) is 11.7 Å². The molecule has 2 heterocycles. The average Bonchev–Trinajstić information content (AvgIpc) is 3.18. The number of halogens is 2. The first-order chi connectivity index (χ1) is 17.0. The molecule has 0 bridgehead atoms. The van der Waals surface area contributed by atoms with Crippen LogP contribution in [0.5, 0.6) is 5.75 Å². The summed E-state index contributed by atoms with van der Waals surface area (Å²) in [6, 6.07) is 20.3. The SMILES string of the molecule is COc1ccc(/C=c2\sc3n(c2=O)[C@H](c2ccc(F)cc2)C2=C(N=3)c3ccccc3CC2)cc1I. The Hall–Kier alpha value is -3.04. The minimum atomic E-state index is -0.312. The van der Waals surface area contributed by atoms with Crippen LogP contribution in [0.4, 0.5) is 4.39 Å². The largest absolute Gasteiger partial charge is 0.496 e. The van der Waals surface area contributed by atoms with E-state index in [0.717, 1.165) is 50.1 Å². The van der Waals surface area contributed by atoms with Crippen LogP contribution >= 0.6 is 33.9 Å². The molecule has 1 aliphatic carbocycles. The molecule has 0 radical (unpaired) electrons. The lowest BCUT2D eigenvalue weighted by atomic mass is 9.83. The van der Waals surface area contributed by atoms with Crippen molar-refractivity contribution in [3.8, 4) is 5.75 Å². The molecule has 174 valence electrons. The molecule has 0 unspecified atom stereocenters. The third-order valence-electron chi connectivity index (χ3n) is 6.53. The maximum Gasteiger partial charge on any atom is 0.271 e. The van der Waals surface area contributed by atoms with Gasteiger partial charge in [0.25, 0.3) is 5.56 Å². The van der Waals surface area contributed by atoms with E-state index in [1.807, 2.05) is 30.3 Å². The van der Waals surface area contributed by atoms with Crippen LogP contribution < -0.4 is 19.6 Å². The molecular weight excluding hydrogens is 574 g/mol. The summed E-state index contributed by atoms with van der Waals surface area (Å²) in [4.78, 5) is 19.4. The number of methoxy groups -OCH3 is 1. The van der Waals surface area contributed by atoms with Crippen LogP contribution in [-0.2, 0) is 6.42 Å². The van der Waals surface area contributed by atoms with Crippen molar-refractivity contribution in [3.05, 3.63) is 124 Å². The van der Waals surface area contributed by atoms with Crippen molar-refractivity contribution >= 4 is 45.7 Å². The van der Waals surface area contributed by atoms with Crippen LogP contribution in [0.25, 0.3) is 11.8 Å². The van der Waals surface area contributed by atoms with Gasteiger partial charge < -0.3 is 4.74 Å². The molecule has 0 saturated heterocycles. The van der Waals surface area contributed by atoms with E-state index in [9.17, 15) is 9.18 Å². The van der Waals surface area contributed by atoms with Gasteiger partial charge in [-0.2, -0.15) is 0 Å². The van der Waals surface area contributed by atoms with Crippen LogP contribution in [0.3, 0.4) is 0 Å². The monoisotopic (exact) mass is 594 g/mol. The van der Waals surface area contributed by atoms with Crippen molar-refractivity contribution < 1.29 is 9.13 Å². The Labute approximate surface area is 218 Å². The van der Waals surface area contributed by atoms with Gasteiger partial charge in [0.15, 0.2) is 4.80 Å². The summed E-state index contributed by atoms with van der Waals surface area (Å²) in [5.41, 5.74) is 6.15. The summed E-state index contributed by atoms with van der Waals surface area (Å²) < 4.78 is 22.5. The zero-order chi connectivity index (χ0) is 24.1. The van der Waals surface area contributed by atoms with E-state index in [-0.39, 0.29) is 17.4 Å². The normalized spacial score (nSPS) is 16.9. The second-order valence-electron chi connectivity index (χ2n) is 8.56. The fourth-order valence-corrected chi connectivity index (χ4v) is 6.65. The lowest BCUT2D eigenvalue weighted by molar-refractivity contribution is 0.412. The molecule has 0 saturated carbocycles. The highest BCUT2D eigenvalue weighted by Gasteiger charge is 2.32. The van der Waals surface area contributed by atoms with E-state index < -0.39 is 0 Å². The number of aryl methyl sites for hydroxylation is 1. The van der Waals surface area contributed by atoms with Gasteiger partial charge in [-0.15, -0.1) is 0 Å². The number of aromatic nitrogens is 1. The van der Waals surface area contributed by atoms with Gasteiger partial charge in [-0.05, 0) is 88.0 Å². The number of ether oxygens (including phenoxy) is 1. The maximum atomic E-state index is 13.8. The summed E-state index contributed by atoms with van der Waals surface area (Å²) in [6.07, 6.45) is 3.60. The minimum Gasteiger partial charge on any atom is -0.496 e. The van der Waals surface area contributed by atoms with E-state index in [2.05, 4.69) is 40.8 Å². The first-order valence-corrected chi connectivity index (χ1v) is 13.1. The molecule has 0 N–H and O–H groups in total. The summed E-state index contributed by atoms with van der Waals surface area (Å²) in [6.45, 7) is 0. The van der Waals surface area contributed by atoms with Crippen LogP contribution in [0, 0.1) is 9.39 Å². The molecule has 2 aliphatic rings. The van der Waals surface area contributed by atoms with Crippen molar-refractivity contribution in [2.45, 2.75) is 18.9 Å². The van der Waals surface area contributed by atoms with Gasteiger partial charge in [-0.1, -0.05) is 53.8 Å². The lowest BCUT2D eigenvalue weighted by Crippen LogP contribution is -2.38. The summed E-state index contributed by atoms with van der Waals surface area (Å²) in [7, 11) is 1.64. The number of hydrogen-bond donors (Lipinski definition) is 0. The van der Waals surface area contributed by atoms with Gasteiger partial charge in [0.05, 0.1) is 27.0 Å². The second-order valence-corrected chi connectivity index (χ2v) is 10.7. The maximum absolute atomic E-state index is 13.8. The van der Waals surface area contributed by atoms with Gasteiger partial charge in [0.1, 0.15) is 11.6 Å². The molecule has 6 rings (SSSR count). The first-order valence-electron chi connectivity index (χ1n) is 11.3. The Bertz CT molecular complexity index is 1690. The van der Waals surface area contributed by atoms with Crippen molar-refractivity contribution in [2.24, 2.45) is 4.99 Å². The number of thiazole rings is 1. The van der Waals surface area contributed by atoms with Crippen molar-refractivity contribution in [3.63, 3.8) is 0 Å². The van der Waals surface area contributed by atoms with Crippen LogP contribution in [0.2, 0.25) is 0 Å². The number of rotatable bonds is 3.